The first-order valence-corrected chi connectivity index (χ1v) is 13.3. The molecule has 1 aliphatic heterocycles. The molecule has 10 nitrogen and oxygen atoms in total. The molecule has 0 unspecified atom stereocenters. The van der Waals surface area contributed by atoms with Crippen molar-refractivity contribution in [2.45, 2.75) is 39.2 Å². The van der Waals surface area contributed by atoms with Crippen molar-refractivity contribution < 1.29 is 19.1 Å². The first-order chi connectivity index (χ1) is 18.0. The molecule has 1 aliphatic rings. The molecule has 3 amide bonds. The van der Waals surface area contributed by atoms with E-state index in [-0.39, 0.29) is 28.6 Å². The fourth-order valence-electron chi connectivity index (χ4n) is 4.69. The second-order valence-corrected chi connectivity index (χ2v) is 11.8. The molecular weight excluding hydrogens is 504 g/mol. The molecule has 1 aromatic carbocycles. The molecule has 0 spiro atoms. The van der Waals surface area contributed by atoms with Gasteiger partial charge in [-0.15, -0.1) is 11.3 Å². The van der Waals surface area contributed by atoms with Gasteiger partial charge in [-0.3, -0.25) is 14.4 Å². The molecule has 4 rings (SSSR count). The zero-order valence-corrected chi connectivity index (χ0v) is 23.2. The van der Waals surface area contributed by atoms with Gasteiger partial charge in [0.2, 0.25) is 5.88 Å². The van der Waals surface area contributed by atoms with Crippen LogP contribution in [-0.2, 0) is 16.0 Å². The van der Waals surface area contributed by atoms with Crippen LogP contribution in [0.4, 0.5) is 5.69 Å². The molecule has 1 saturated heterocycles. The maximum Gasteiger partial charge on any atom is 0.313 e. The number of pyridine rings is 1. The summed E-state index contributed by atoms with van der Waals surface area (Å²) in [6.07, 6.45) is 3.83. The molecule has 1 atom stereocenters. The van der Waals surface area contributed by atoms with Crippen molar-refractivity contribution in [2.24, 2.45) is 11.1 Å². The standard InChI is InChI=1S/C27H34N6O4S/c1-27(2)10-8-20(16-6-7-21-19(12-16)31-22(38-21)9-11-32(3)4)33(15-27)26(36)24(35)30-17-13-18(23(28)34)25(37-5)29-14-17/h6-7,12-14,20H,8-11,15H2,1-5H3,(H2,28,34)(H,30,35)/t20-/m0/s1. The van der Waals surface area contributed by atoms with Gasteiger partial charge in [-0.2, -0.15) is 0 Å². The summed E-state index contributed by atoms with van der Waals surface area (Å²) in [6, 6.07) is 7.22. The van der Waals surface area contributed by atoms with Crippen LogP contribution in [-0.4, -0.2) is 71.8 Å². The predicted octanol–water partition coefficient (Wildman–Crippen LogP) is 3.23. The molecule has 3 aromatic rings. The van der Waals surface area contributed by atoms with Crippen LogP contribution in [0.1, 0.15) is 53.7 Å². The van der Waals surface area contributed by atoms with E-state index in [1.807, 2.05) is 26.2 Å². The van der Waals surface area contributed by atoms with Gasteiger partial charge >= 0.3 is 11.8 Å². The van der Waals surface area contributed by atoms with Crippen molar-refractivity contribution in [1.82, 2.24) is 19.8 Å². The number of hydrogen-bond donors (Lipinski definition) is 2. The highest BCUT2D eigenvalue weighted by Crippen LogP contribution is 2.40. The first-order valence-electron chi connectivity index (χ1n) is 12.5. The smallest absolute Gasteiger partial charge is 0.313 e. The third-order valence-corrected chi connectivity index (χ3v) is 7.80. The Morgan fingerprint density at radius 1 is 1.26 bits per heavy atom. The Bertz CT molecular complexity index is 1370. The zero-order chi connectivity index (χ0) is 27.6. The number of carbonyl (C=O) groups excluding carboxylic acids is 3. The number of nitrogens with two attached hydrogens (primary N) is 1. The van der Waals surface area contributed by atoms with Crippen molar-refractivity contribution >= 4 is 45.0 Å². The number of nitrogens with one attached hydrogen (secondary N) is 1. The number of methoxy groups -OCH3 is 1. The summed E-state index contributed by atoms with van der Waals surface area (Å²) >= 11 is 1.68. The van der Waals surface area contributed by atoms with Crippen molar-refractivity contribution in [3.8, 4) is 5.88 Å². The Labute approximate surface area is 226 Å². The minimum Gasteiger partial charge on any atom is -0.480 e. The number of anilines is 1. The van der Waals surface area contributed by atoms with Crippen LogP contribution < -0.4 is 15.8 Å². The Kier molecular flexibility index (Phi) is 7.98. The summed E-state index contributed by atoms with van der Waals surface area (Å²) in [6.45, 7) is 5.54. The fourth-order valence-corrected chi connectivity index (χ4v) is 5.63. The highest BCUT2D eigenvalue weighted by Gasteiger charge is 2.39. The second-order valence-electron chi connectivity index (χ2n) is 10.6. The molecule has 11 heteroatoms. The second kappa shape index (κ2) is 11.0. The predicted molar refractivity (Wildman–Crippen MR) is 147 cm³/mol. The molecule has 0 aliphatic carbocycles. The van der Waals surface area contributed by atoms with Crippen LogP contribution in [0.2, 0.25) is 0 Å². The van der Waals surface area contributed by atoms with E-state index >= 15 is 0 Å². The number of thiazole rings is 1. The minimum atomic E-state index is -0.809. The number of piperidine rings is 1. The van der Waals surface area contributed by atoms with E-state index in [0.717, 1.165) is 46.6 Å². The highest BCUT2D eigenvalue weighted by molar-refractivity contribution is 7.18. The molecule has 3 N–H and O–H groups in total. The maximum absolute atomic E-state index is 13.5. The third-order valence-electron chi connectivity index (χ3n) is 6.71. The molecule has 0 bridgehead atoms. The minimum absolute atomic E-state index is 0.0104. The van der Waals surface area contributed by atoms with Crippen LogP contribution in [0.15, 0.2) is 30.5 Å². The molecular formula is C27H34N6O4S. The van der Waals surface area contributed by atoms with Crippen LogP contribution in [0.25, 0.3) is 10.2 Å². The number of likely N-dealkylation sites (N-methyl/N-ethyl adjacent to an activating group) is 1. The number of nitrogens with zero attached hydrogens (tertiary/aromatic N) is 4. The first kappa shape index (κ1) is 27.5. The Balaban J connectivity index is 1.58. The fraction of sp³-hybridized carbons (Fsp3) is 0.444. The van der Waals surface area contributed by atoms with Gasteiger partial charge in [-0.25, -0.2) is 9.97 Å². The third kappa shape index (κ3) is 6.11. The lowest BCUT2D eigenvalue weighted by Crippen LogP contribution is -2.49. The molecule has 1 fully saturated rings. The van der Waals surface area contributed by atoms with E-state index in [2.05, 4.69) is 35.1 Å². The van der Waals surface area contributed by atoms with Crippen molar-refractivity contribution in [3.63, 3.8) is 0 Å². The number of primary amides is 1. The normalized spacial score (nSPS) is 17.0. The van der Waals surface area contributed by atoms with Gasteiger partial charge in [0.25, 0.3) is 5.91 Å². The summed E-state index contributed by atoms with van der Waals surface area (Å²) < 4.78 is 6.15. The number of fused-ring (bicyclic) bond motifs is 1. The lowest BCUT2D eigenvalue weighted by atomic mass is 9.79. The van der Waals surface area contributed by atoms with Crippen LogP contribution in [0.5, 0.6) is 5.88 Å². The molecule has 202 valence electrons. The summed E-state index contributed by atoms with van der Waals surface area (Å²) in [7, 11) is 5.45. The van der Waals surface area contributed by atoms with Gasteiger partial charge in [0.15, 0.2) is 0 Å². The van der Waals surface area contributed by atoms with Gasteiger partial charge in [-0.05, 0) is 56.1 Å². The summed E-state index contributed by atoms with van der Waals surface area (Å²) in [5, 5.41) is 3.65. The summed E-state index contributed by atoms with van der Waals surface area (Å²) in [5.41, 5.74) is 7.31. The summed E-state index contributed by atoms with van der Waals surface area (Å²) in [5.74, 6) is -2.17. The number of hydrogen-bond acceptors (Lipinski definition) is 8. The lowest BCUT2D eigenvalue weighted by molar-refractivity contribution is -0.147. The van der Waals surface area contributed by atoms with Crippen LogP contribution in [0, 0.1) is 5.41 Å². The Morgan fingerprint density at radius 3 is 2.71 bits per heavy atom. The average Bonchev–Trinajstić information content (AvgIpc) is 3.28. The number of ether oxygens (including phenoxy) is 1. The largest absolute Gasteiger partial charge is 0.480 e. The van der Waals surface area contributed by atoms with E-state index in [1.54, 1.807) is 16.2 Å². The zero-order valence-electron chi connectivity index (χ0n) is 22.4. The highest BCUT2D eigenvalue weighted by atomic mass is 32.1. The average molecular weight is 539 g/mol. The van der Waals surface area contributed by atoms with E-state index in [9.17, 15) is 14.4 Å². The van der Waals surface area contributed by atoms with Gasteiger partial charge in [0.1, 0.15) is 5.56 Å². The number of carbonyl (C=O) groups is 3. The molecule has 3 heterocycles. The van der Waals surface area contributed by atoms with Gasteiger partial charge in [0, 0.05) is 19.5 Å². The SMILES string of the molecule is COc1ncc(NC(=O)C(=O)N2CC(C)(C)CC[C@H]2c2ccc3sc(CCN(C)C)nc3c2)cc1C(N)=O. The van der Waals surface area contributed by atoms with E-state index in [0.29, 0.717) is 6.54 Å². The van der Waals surface area contributed by atoms with Crippen molar-refractivity contribution in [2.75, 3.05) is 39.6 Å². The van der Waals surface area contributed by atoms with Gasteiger partial charge in [0.05, 0.1) is 40.3 Å². The number of likely N-dealkylation sites (tertiary alicyclic amines) is 1. The molecule has 2 aromatic heterocycles. The molecule has 0 saturated carbocycles. The molecule has 0 radical (unpaired) electrons. The Morgan fingerprint density at radius 2 is 2.03 bits per heavy atom. The van der Waals surface area contributed by atoms with E-state index in [1.165, 1.54) is 19.4 Å². The van der Waals surface area contributed by atoms with Crippen LogP contribution in [0.3, 0.4) is 0 Å². The quantitative estimate of drug-likeness (QED) is 0.442. The number of amides is 3. The van der Waals surface area contributed by atoms with Gasteiger partial charge in [-0.1, -0.05) is 19.9 Å². The number of aromatic nitrogens is 2. The number of rotatable bonds is 7. The monoisotopic (exact) mass is 538 g/mol. The van der Waals surface area contributed by atoms with Gasteiger partial charge < -0.3 is 25.6 Å². The van der Waals surface area contributed by atoms with Crippen molar-refractivity contribution in [1.29, 1.82) is 0 Å². The topological polar surface area (TPSA) is 131 Å². The van der Waals surface area contributed by atoms with E-state index in [4.69, 9.17) is 15.5 Å². The number of benzene rings is 1. The van der Waals surface area contributed by atoms with Crippen molar-refractivity contribution in [3.05, 3.63) is 46.6 Å². The maximum atomic E-state index is 13.5. The molecule has 38 heavy (non-hydrogen) atoms. The Hall–Kier alpha value is -3.57. The summed E-state index contributed by atoms with van der Waals surface area (Å²) in [4.78, 5) is 50.9. The van der Waals surface area contributed by atoms with Crippen LogP contribution >= 0.6 is 11.3 Å². The lowest BCUT2D eigenvalue weighted by Gasteiger charge is -2.43. The van der Waals surface area contributed by atoms with E-state index < -0.39 is 17.7 Å².